The van der Waals surface area contributed by atoms with Crippen LogP contribution in [-0.2, 0) is 17.9 Å². The third kappa shape index (κ3) is 4.04. The van der Waals surface area contributed by atoms with Gasteiger partial charge in [-0.3, -0.25) is 9.59 Å². The summed E-state index contributed by atoms with van der Waals surface area (Å²) >= 11 is 0. The lowest BCUT2D eigenvalue weighted by molar-refractivity contribution is -0.134. The topological polar surface area (TPSA) is 72.4 Å². The molecular formula is C29H31FN4O3. The van der Waals surface area contributed by atoms with E-state index in [1.165, 1.54) is 25.0 Å². The highest BCUT2D eigenvalue weighted by Gasteiger charge is 2.49. The zero-order chi connectivity index (χ0) is 25.6. The molecular weight excluding hydrogens is 471 g/mol. The maximum absolute atomic E-state index is 14.4. The quantitative estimate of drug-likeness (QED) is 0.371. The molecule has 1 aromatic carbocycles. The Morgan fingerprint density at radius 2 is 1.86 bits per heavy atom. The molecule has 0 spiro atoms. The van der Waals surface area contributed by atoms with Gasteiger partial charge in [0.25, 0.3) is 5.91 Å². The lowest BCUT2D eigenvalue weighted by Gasteiger charge is -2.44. The van der Waals surface area contributed by atoms with E-state index in [1.807, 2.05) is 46.7 Å². The number of nitrogens with one attached hydrogen (secondary N) is 1. The number of fused-ring (bicyclic) bond motifs is 3. The summed E-state index contributed by atoms with van der Waals surface area (Å²) < 4.78 is 23.8. The second-order valence-electron chi connectivity index (χ2n) is 10.4. The Hall–Kier alpha value is -3.81. The molecule has 0 saturated heterocycles. The fourth-order valence-corrected chi connectivity index (χ4v) is 5.94. The van der Waals surface area contributed by atoms with Gasteiger partial charge >= 0.3 is 0 Å². The average molecular weight is 503 g/mol. The normalized spacial score (nSPS) is 20.7. The van der Waals surface area contributed by atoms with Crippen molar-refractivity contribution < 1.29 is 18.4 Å². The molecule has 1 fully saturated rings. The Bertz CT molecular complexity index is 1430. The van der Waals surface area contributed by atoms with Crippen LogP contribution in [0, 0.1) is 5.82 Å². The van der Waals surface area contributed by atoms with Crippen molar-refractivity contribution in [3.8, 4) is 5.69 Å². The van der Waals surface area contributed by atoms with E-state index in [-0.39, 0.29) is 36.8 Å². The molecule has 192 valence electrons. The van der Waals surface area contributed by atoms with Gasteiger partial charge < -0.3 is 23.8 Å². The van der Waals surface area contributed by atoms with Crippen molar-refractivity contribution in [2.45, 2.75) is 70.1 Å². The lowest BCUT2D eigenvalue weighted by atomic mass is 9.93. The van der Waals surface area contributed by atoms with Gasteiger partial charge in [-0.15, -0.1) is 0 Å². The number of carbonyl (C=O) groups excluding carboxylic acids is 2. The summed E-state index contributed by atoms with van der Waals surface area (Å²) in [6, 6.07) is 12.0. The number of amides is 2. The Morgan fingerprint density at radius 1 is 1.11 bits per heavy atom. The van der Waals surface area contributed by atoms with Crippen LogP contribution >= 0.6 is 0 Å². The third-order valence-corrected chi connectivity index (χ3v) is 7.94. The molecule has 2 aliphatic rings. The van der Waals surface area contributed by atoms with E-state index >= 15 is 0 Å². The number of benzene rings is 1. The van der Waals surface area contributed by atoms with Gasteiger partial charge in [-0.1, -0.05) is 25.7 Å². The van der Waals surface area contributed by atoms with E-state index in [0.29, 0.717) is 22.5 Å². The van der Waals surface area contributed by atoms with Crippen LogP contribution in [0.2, 0.25) is 0 Å². The van der Waals surface area contributed by atoms with Gasteiger partial charge in [-0.05, 0) is 62.2 Å². The molecule has 4 heterocycles. The number of furan rings is 1. The molecule has 1 N–H and O–H groups in total. The number of nitrogens with zero attached hydrogens (tertiary/aromatic N) is 3. The zero-order valence-electron chi connectivity index (χ0n) is 21.0. The van der Waals surface area contributed by atoms with Crippen molar-refractivity contribution in [3.05, 3.63) is 78.4 Å². The molecule has 0 unspecified atom stereocenters. The van der Waals surface area contributed by atoms with Crippen molar-refractivity contribution in [2.75, 3.05) is 0 Å². The van der Waals surface area contributed by atoms with Crippen LogP contribution in [0.4, 0.5) is 4.39 Å². The summed E-state index contributed by atoms with van der Waals surface area (Å²) in [5.41, 5.74) is 0.597. The number of aromatic nitrogens is 2. The second kappa shape index (κ2) is 9.25. The highest BCUT2D eigenvalue weighted by atomic mass is 19.1. The van der Waals surface area contributed by atoms with Crippen LogP contribution in [0.15, 0.2) is 65.5 Å². The predicted molar refractivity (Wildman–Crippen MR) is 138 cm³/mol. The van der Waals surface area contributed by atoms with Crippen LogP contribution in [0.3, 0.4) is 0 Å². The van der Waals surface area contributed by atoms with Gasteiger partial charge in [-0.2, -0.15) is 0 Å². The average Bonchev–Trinajstić information content (AvgIpc) is 3.61. The number of halogens is 1. The van der Waals surface area contributed by atoms with Crippen LogP contribution < -0.4 is 5.32 Å². The van der Waals surface area contributed by atoms with E-state index in [2.05, 4.69) is 5.32 Å². The van der Waals surface area contributed by atoms with Gasteiger partial charge in [-0.25, -0.2) is 4.39 Å². The second-order valence-corrected chi connectivity index (χ2v) is 10.4. The van der Waals surface area contributed by atoms with Crippen molar-refractivity contribution in [2.24, 2.45) is 0 Å². The molecule has 1 atom stereocenters. The fraction of sp³-hybridized carbons (Fsp3) is 0.379. The minimum atomic E-state index is -1.17. The molecule has 37 heavy (non-hydrogen) atoms. The molecule has 1 aliphatic heterocycles. The van der Waals surface area contributed by atoms with Crippen LogP contribution in [0.25, 0.3) is 16.6 Å². The van der Waals surface area contributed by atoms with Gasteiger partial charge in [0.15, 0.2) is 0 Å². The monoisotopic (exact) mass is 502 g/mol. The van der Waals surface area contributed by atoms with Gasteiger partial charge in [0, 0.05) is 23.8 Å². The van der Waals surface area contributed by atoms with Crippen molar-refractivity contribution in [1.29, 1.82) is 0 Å². The first kappa shape index (κ1) is 23.6. The first-order valence-corrected chi connectivity index (χ1v) is 13.1. The van der Waals surface area contributed by atoms with Gasteiger partial charge in [0.05, 0.1) is 30.6 Å². The Kier molecular flexibility index (Phi) is 5.89. The van der Waals surface area contributed by atoms with Crippen LogP contribution in [-0.4, -0.2) is 37.4 Å². The van der Waals surface area contributed by atoms with Crippen LogP contribution in [0.5, 0.6) is 0 Å². The summed E-state index contributed by atoms with van der Waals surface area (Å²) in [4.78, 5) is 30.0. The SMILES string of the molecule is C[C@@]1(C(=O)NC2CCCCCC2)Cn2c(c(-n3cccc3)c3cc(F)ccc32)C(=O)N1Cc1ccco1. The molecule has 4 aromatic rings. The maximum Gasteiger partial charge on any atom is 0.274 e. The molecule has 3 aromatic heterocycles. The van der Waals surface area contributed by atoms with E-state index in [1.54, 1.807) is 23.3 Å². The van der Waals surface area contributed by atoms with Gasteiger partial charge in [0.1, 0.15) is 22.8 Å². The fourth-order valence-electron chi connectivity index (χ4n) is 5.94. The highest BCUT2D eigenvalue weighted by Crippen LogP contribution is 2.39. The minimum absolute atomic E-state index is 0.0970. The number of rotatable bonds is 5. The first-order valence-electron chi connectivity index (χ1n) is 13.1. The molecule has 1 saturated carbocycles. The van der Waals surface area contributed by atoms with E-state index < -0.39 is 5.54 Å². The Morgan fingerprint density at radius 3 is 2.57 bits per heavy atom. The highest BCUT2D eigenvalue weighted by molar-refractivity contribution is 6.08. The largest absolute Gasteiger partial charge is 0.467 e. The molecule has 0 bridgehead atoms. The molecule has 2 amide bonds. The van der Waals surface area contributed by atoms with Gasteiger partial charge in [0.2, 0.25) is 5.91 Å². The standard InChI is InChI=1S/C29H31FN4O3/c1-29(28(36)31-21-9-4-2-3-5-10-21)19-33-24-13-12-20(30)17-23(24)25(32-14-6-7-15-32)26(33)27(35)34(29)18-22-11-8-16-37-22/h6-8,11-17,21H,2-5,9-10,18-19H2,1H3,(H,31,36)/t29-/m0/s1. The number of carbonyl (C=O) groups is 2. The molecule has 0 radical (unpaired) electrons. The summed E-state index contributed by atoms with van der Waals surface area (Å²) in [5, 5.41) is 3.91. The van der Waals surface area contributed by atoms with Crippen molar-refractivity contribution in [3.63, 3.8) is 0 Å². The summed E-state index contributed by atoms with van der Waals surface area (Å²) in [7, 11) is 0. The molecule has 8 heteroatoms. The molecule has 6 rings (SSSR count). The Labute approximate surface area is 214 Å². The first-order chi connectivity index (χ1) is 18.0. The third-order valence-electron chi connectivity index (χ3n) is 7.94. The van der Waals surface area contributed by atoms with E-state index in [0.717, 1.165) is 31.2 Å². The zero-order valence-corrected chi connectivity index (χ0v) is 21.0. The summed E-state index contributed by atoms with van der Waals surface area (Å²) in [5.74, 6) is -0.240. The minimum Gasteiger partial charge on any atom is -0.467 e. The number of hydrogen-bond donors (Lipinski definition) is 1. The number of hydrogen-bond acceptors (Lipinski definition) is 3. The van der Waals surface area contributed by atoms with Crippen molar-refractivity contribution >= 4 is 22.7 Å². The lowest BCUT2D eigenvalue weighted by Crippen LogP contribution is -2.64. The predicted octanol–water partition coefficient (Wildman–Crippen LogP) is 5.42. The van der Waals surface area contributed by atoms with Crippen molar-refractivity contribution in [1.82, 2.24) is 19.4 Å². The Balaban J connectivity index is 1.49. The summed E-state index contributed by atoms with van der Waals surface area (Å²) in [6.07, 6.45) is 11.7. The maximum atomic E-state index is 14.4. The van der Waals surface area contributed by atoms with E-state index in [9.17, 15) is 14.0 Å². The van der Waals surface area contributed by atoms with E-state index in [4.69, 9.17) is 4.42 Å². The molecule has 1 aliphatic carbocycles. The molecule has 7 nitrogen and oxygen atoms in total. The summed E-state index contributed by atoms with van der Waals surface area (Å²) in [6.45, 7) is 2.23. The smallest absolute Gasteiger partial charge is 0.274 e. The van der Waals surface area contributed by atoms with Crippen LogP contribution in [0.1, 0.15) is 61.7 Å².